The molecule has 2 atom stereocenters. The Morgan fingerprint density at radius 3 is 2.53 bits per heavy atom. The zero-order valence-corrected chi connectivity index (χ0v) is 13.1. The lowest BCUT2D eigenvalue weighted by molar-refractivity contribution is -0.0705. The van der Waals surface area contributed by atoms with Gasteiger partial charge in [0.2, 0.25) is 0 Å². The lowest BCUT2D eigenvalue weighted by Crippen LogP contribution is -2.45. The molecule has 2 unspecified atom stereocenters. The molecule has 1 aliphatic carbocycles. The van der Waals surface area contributed by atoms with Gasteiger partial charge < -0.3 is 5.11 Å². The molecule has 0 aliphatic heterocycles. The van der Waals surface area contributed by atoms with Gasteiger partial charge in [-0.1, -0.05) is 44.5 Å². The fraction of sp³-hybridized carbons (Fsp3) is 0.667. The van der Waals surface area contributed by atoms with E-state index in [0.29, 0.717) is 11.3 Å². The summed E-state index contributed by atoms with van der Waals surface area (Å²) in [6, 6.07) is 6.56. The topological polar surface area (TPSA) is 20.2 Å². The van der Waals surface area contributed by atoms with Crippen molar-refractivity contribution in [3.05, 3.63) is 34.9 Å². The second-order valence-corrected chi connectivity index (χ2v) is 7.48. The molecule has 0 spiro atoms. The van der Waals surface area contributed by atoms with Gasteiger partial charge in [0.15, 0.2) is 0 Å². The first-order valence-corrected chi connectivity index (χ1v) is 7.50. The number of hydrogen-bond donors (Lipinski definition) is 1. The van der Waals surface area contributed by atoms with Crippen LogP contribution in [-0.4, -0.2) is 10.7 Å². The van der Waals surface area contributed by atoms with Crippen LogP contribution in [0.1, 0.15) is 56.7 Å². The van der Waals surface area contributed by atoms with Crippen LogP contribution < -0.4 is 0 Å². The maximum atomic E-state index is 11.0. The van der Waals surface area contributed by atoms with E-state index in [0.717, 1.165) is 25.7 Å². The van der Waals surface area contributed by atoms with Crippen molar-refractivity contribution in [3.8, 4) is 0 Å². The molecule has 0 heterocycles. The first kappa shape index (κ1) is 14.6. The predicted molar refractivity (Wildman–Crippen MR) is 81.4 cm³/mol. The van der Waals surface area contributed by atoms with Crippen molar-refractivity contribution in [1.29, 1.82) is 0 Å². The Hall–Kier alpha value is -0.820. The van der Waals surface area contributed by atoms with Crippen molar-refractivity contribution in [1.82, 2.24) is 0 Å². The molecule has 1 aromatic carbocycles. The molecule has 1 aliphatic rings. The van der Waals surface area contributed by atoms with Gasteiger partial charge in [0.05, 0.1) is 5.60 Å². The lowest BCUT2D eigenvalue weighted by atomic mass is 9.64. The Labute approximate surface area is 118 Å². The Morgan fingerprint density at radius 1 is 1.21 bits per heavy atom. The first-order valence-electron chi connectivity index (χ1n) is 7.50. The third kappa shape index (κ3) is 3.20. The van der Waals surface area contributed by atoms with E-state index in [-0.39, 0.29) is 0 Å². The summed E-state index contributed by atoms with van der Waals surface area (Å²) in [4.78, 5) is 0. The van der Waals surface area contributed by atoms with Crippen molar-refractivity contribution >= 4 is 0 Å². The molecule has 1 saturated carbocycles. The molecule has 0 aromatic heterocycles. The zero-order chi connectivity index (χ0) is 14.3. The minimum absolute atomic E-state index is 0.371. The van der Waals surface area contributed by atoms with Gasteiger partial charge in [-0.3, -0.25) is 0 Å². The van der Waals surface area contributed by atoms with Crippen molar-refractivity contribution < 1.29 is 5.11 Å². The van der Waals surface area contributed by atoms with Crippen molar-refractivity contribution in [3.63, 3.8) is 0 Å². The summed E-state index contributed by atoms with van der Waals surface area (Å²) in [7, 11) is 0. The molecule has 0 saturated heterocycles. The fourth-order valence-corrected chi connectivity index (χ4v) is 3.51. The highest BCUT2D eigenvalue weighted by atomic mass is 16.3. The van der Waals surface area contributed by atoms with E-state index >= 15 is 0 Å². The first-order chi connectivity index (χ1) is 8.72. The van der Waals surface area contributed by atoms with Crippen LogP contribution in [0.2, 0.25) is 0 Å². The molecule has 1 N–H and O–H groups in total. The number of rotatable bonds is 2. The SMILES string of the molecule is Cc1ccc(C)c(CC2(O)CCC(C)(C)CC2C)c1. The van der Waals surface area contributed by atoms with Gasteiger partial charge in [-0.15, -0.1) is 0 Å². The molecule has 0 amide bonds. The molecular formula is C18H28O. The van der Waals surface area contributed by atoms with E-state index in [9.17, 15) is 5.11 Å². The molecule has 1 nitrogen and oxygen atoms in total. The van der Waals surface area contributed by atoms with E-state index in [4.69, 9.17) is 0 Å². The predicted octanol–water partition coefficient (Wildman–Crippen LogP) is 4.42. The molecule has 1 fully saturated rings. The number of hydrogen-bond acceptors (Lipinski definition) is 1. The quantitative estimate of drug-likeness (QED) is 0.834. The van der Waals surface area contributed by atoms with Crippen molar-refractivity contribution in [2.45, 2.75) is 65.9 Å². The van der Waals surface area contributed by atoms with E-state index < -0.39 is 5.60 Å². The number of aliphatic hydroxyl groups is 1. The molecular weight excluding hydrogens is 232 g/mol. The summed E-state index contributed by atoms with van der Waals surface area (Å²) < 4.78 is 0. The van der Waals surface area contributed by atoms with Crippen molar-refractivity contribution in [2.75, 3.05) is 0 Å². The molecule has 0 radical (unpaired) electrons. The Kier molecular flexibility index (Phi) is 3.79. The van der Waals surface area contributed by atoms with E-state index in [1.165, 1.54) is 16.7 Å². The summed E-state index contributed by atoms with van der Waals surface area (Å²) in [6.45, 7) is 11.1. The van der Waals surface area contributed by atoms with Crippen LogP contribution in [0, 0.1) is 25.2 Å². The second-order valence-electron chi connectivity index (χ2n) is 7.48. The summed E-state index contributed by atoms with van der Waals surface area (Å²) in [5.41, 5.74) is 3.76. The zero-order valence-electron chi connectivity index (χ0n) is 13.1. The van der Waals surface area contributed by atoms with Crippen LogP contribution >= 0.6 is 0 Å². The van der Waals surface area contributed by atoms with Gasteiger partial charge in [-0.2, -0.15) is 0 Å². The van der Waals surface area contributed by atoms with Gasteiger partial charge in [-0.25, -0.2) is 0 Å². The number of benzene rings is 1. The van der Waals surface area contributed by atoms with Crippen LogP contribution in [0.25, 0.3) is 0 Å². The summed E-state index contributed by atoms with van der Waals surface area (Å²) in [6.07, 6.45) is 3.97. The normalized spacial score (nSPS) is 30.3. The fourth-order valence-electron chi connectivity index (χ4n) is 3.51. The highest BCUT2D eigenvalue weighted by Gasteiger charge is 2.42. The average Bonchev–Trinajstić information content (AvgIpc) is 2.30. The van der Waals surface area contributed by atoms with Gasteiger partial charge >= 0.3 is 0 Å². The highest BCUT2D eigenvalue weighted by Crippen LogP contribution is 2.45. The molecule has 106 valence electrons. The van der Waals surface area contributed by atoms with E-state index in [1.807, 2.05) is 0 Å². The Bertz CT molecular complexity index is 461. The van der Waals surface area contributed by atoms with Gasteiger partial charge in [0.25, 0.3) is 0 Å². The van der Waals surface area contributed by atoms with Crippen LogP contribution in [0.4, 0.5) is 0 Å². The van der Waals surface area contributed by atoms with E-state index in [2.05, 4.69) is 52.8 Å². The Morgan fingerprint density at radius 2 is 1.89 bits per heavy atom. The summed E-state index contributed by atoms with van der Waals surface area (Å²) in [5, 5.41) is 11.0. The molecule has 2 rings (SSSR count). The van der Waals surface area contributed by atoms with Crippen LogP contribution in [0.15, 0.2) is 18.2 Å². The summed E-state index contributed by atoms with van der Waals surface area (Å²) in [5.74, 6) is 0.371. The van der Waals surface area contributed by atoms with Crippen LogP contribution in [-0.2, 0) is 6.42 Å². The molecule has 1 aromatic rings. The minimum Gasteiger partial charge on any atom is -0.389 e. The Balaban J connectivity index is 2.20. The molecule has 1 heteroatoms. The van der Waals surface area contributed by atoms with Crippen LogP contribution in [0.5, 0.6) is 0 Å². The summed E-state index contributed by atoms with van der Waals surface area (Å²) >= 11 is 0. The van der Waals surface area contributed by atoms with Gasteiger partial charge in [0, 0.05) is 6.42 Å². The number of aryl methyl sites for hydroxylation is 2. The van der Waals surface area contributed by atoms with Gasteiger partial charge in [-0.05, 0) is 55.6 Å². The monoisotopic (exact) mass is 260 g/mol. The maximum absolute atomic E-state index is 11.0. The maximum Gasteiger partial charge on any atom is 0.0713 e. The smallest absolute Gasteiger partial charge is 0.0713 e. The van der Waals surface area contributed by atoms with Crippen LogP contribution in [0.3, 0.4) is 0 Å². The second kappa shape index (κ2) is 4.94. The lowest BCUT2D eigenvalue weighted by Gasteiger charge is -2.45. The average molecular weight is 260 g/mol. The molecule has 0 bridgehead atoms. The largest absolute Gasteiger partial charge is 0.389 e. The van der Waals surface area contributed by atoms with E-state index in [1.54, 1.807) is 0 Å². The highest BCUT2D eigenvalue weighted by molar-refractivity contribution is 5.32. The van der Waals surface area contributed by atoms with Gasteiger partial charge in [0.1, 0.15) is 0 Å². The molecule has 19 heavy (non-hydrogen) atoms. The third-order valence-corrected chi connectivity index (χ3v) is 5.01. The standard InChI is InChI=1S/C18H28O/c1-13-6-7-14(2)16(10-13)12-18(19)9-8-17(4,5)11-15(18)3/h6-7,10,15,19H,8-9,11-12H2,1-5H3. The van der Waals surface area contributed by atoms with Crippen molar-refractivity contribution in [2.24, 2.45) is 11.3 Å². The third-order valence-electron chi connectivity index (χ3n) is 5.01. The minimum atomic E-state index is -0.520.